The predicted molar refractivity (Wildman–Crippen MR) is 226 cm³/mol. The summed E-state index contributed by atoms with van der Waals surface area (Å²) < 4.78 is 1.93. The number of rotatable bonds is 7. The van der Waals surface area contributed by atoms with Crippen LogP contribution in [0.2, 0.25) is 0 Å². The molecule has 0 aliphatic rings. The Balaban J connectivity index is 0.000000225. The molecule has 1 N–H and O–H groups in total. The zero-order chi connectivity index (χ0) is 34.3. The van der Waals surface area contributed by atoms with Gasteiger partial charge < -0.3 is 5.11 Å². The minimum absolute atomic E-state index is 0. The monoisotopic (exact) mass is 930 g/mol. The quantitative estimate of drug-likeness (QED) is 0.0559. The molecule has 0 saturated carbocycles. The van der Waals surface area contributed by atoms with E-state index in [1.165, 1.54) is 27.0 Å². The summed E-state index contributed by atoms with van der Waals surface area (Å²) in [6.07, 6.45) is 1.78. The first-order valence-corrected chi connectivity index (χ1v) is 19.5. The molecule has 0 bridgehead atoms. The summed E-state index contributed by atoms with van der Waals surface area (Å²) in [5, 5.41) is 14.4. The van der Waals surface area contributed by atoms with E-state index in [0.717, 1.165) is 18.4 Å². The Bertz CT molecular complexity index is 1710. The predicted octanol–water partition coefficient (Wildman–Crippen LogP) is 11.5. The Morgan fingerprint density at radius 2 is 1.04 bits per heavy atom. The molecular weight excluding hydrogens is 890 g/mol. The first-order valence-electron chi connectivity index (χ1n) is 16.0. The van der Waals surface area contributed by atoms with Gasteiger partial charge in [0.1, 0.15) is 5.75 Å². The molecule has 0 spiro atoms. The SMILES string of the molecule is CC(C)c1cccc(C(C)C)c1N=Cc1cc(I)cc(I)c1O.[Ni].[c-]1ccccc1.c1ccc(P(c2ccccc2)c2ccccc2)cc1. The Labute approximate surface area is 331 Å². The molecule has 0 heterocycles. The van der Waals surface area contributed by atoms with Crippen LogP contribution in [0, 0.1) is 13.2 Å². The van der Waals surface area contributed by atoms with E-state index in [2.05, 4.69) is 188 Å². The van der Waals surface area contributed by atoms with Crippen LogP contribution < -0.4 is 15.9 Å². The van der Waals surface area contributed by atoms with Crippen LogP contribution in [-0.2, 0) is 16.5 Å². The molecule has 0 aromatic heterocycles. The summed E-state index contributed by atoms with van der Waals surface area (Å²) in [7, 11) is -0.446. The zero-order valence-corrected chi connectivity index (χ0v) is 34.3. The summed E-state index contributed by atoms with van der Waals surface area (Å²) in [5.41, 5.74) is 4.28. The van der Waals surface area contributed by atoms with Crippen LogP contribution in [0.5, 0.6) is 5.75 Å². The maximum absolute atomic E-state index is 10.3. The van der Waals surface area contributed by atoms with Gasteiger partial charge >= 0.3 is 0 Å². The second-order valence-corrected chi connectivity index (χ2v) is 16.2. The summed E-state index contributed by atoms with van der Waals surface area (Å²) in [4.78, 5) is 4.77. The van der Waals surface area contributed by atoms with Gasteiger partial charge in [-0.05, 0) is 104 Å². The fourth-order valence-corrected chi connectivity index (χ4v) is 9.19. The van der Waals surface area contributed by atoms with Gasteiger partial charge in [0, 0.05) is 31.8 Å². The second-order valence-electron chi connectivity index (χ2n) is 11.6. The Morgan fingerprint density at radius 1 is 0.612 bits per heavy atom. The van der Waals surface area contributed by atoms with Gasteiger partial charge in [-0.1, -0.05) is 137 Å². The molecule has 0 fully saturated rings. The van der Waals surface area contributed by atoms with Crippen LogP contribution in [0.1, 0.15) is 56.2 Å². The number of benzene rings is 6. The number of nitrogens with zero attached hydrogens (tertiary/aromatic N) is 1. The number of para-hydroxylation sites is 1. The van der Waals surface area contributed by atoms with E-state index >= 15 is 0 Å². The Morgan fingerprint density at radius 3 is 1.41 bits per heavy atom. The fourth-order valence-electron chi connectivity index (χ4n) is 5.00. The minimum atomic E-state index is -0.446. The Kier molecular flexibility index (Phi) is 17.7. The van der Waals surface area contributed by atoms with E-state index in [1.54, 1.807) is 6.21 Å². The smallest absolute Gasteiger partial charge is 0.137 e. The van der Waals surface area contributed by atoms with Crippen LogP contribution >= 0.6 is 53.1 Å². The van der Waals surface area contributed by atoms with Crippen molar-refractivity contribution in [2.45, 2.75) is 39.5 Å². The van der Waals surface area contributed by atoms with Crippen LogP contribution in [0.25, 0.3) is 0 Å². The van der Waals surface area contributed by atoms with Crippen molar-refractivity contribution in [3.05, 3.63) is 182 Å². The molecule has 0 saturated heterocycles. The van der Waals surface area contributed by atoms with E-state index in [1.807, 2.05) is 42.5 Å². The molecule has 2 nitrogen and oxygen atoms in total. The molecule has 0 unspecified atom stereocenters. The van der Waals surface area contributed by atoms with Gasteiger partial charge in [-0.25, -0.2) is 0 Å². The van der Waals surface area contributed by atoms with Crippen molar-refractivity contribution >= 4 is 80.9 Å². The van der Waals surface area contributed by atoms with E-state index in [-0.39, 0.29) is 16.5 Å². The summed E-state index contributed by atoms with van der Waals surface area (Å²) >= 11 is 4.41. The van der Waals surface area contributed by atoms with Crippen molar-refractivity contribution < 1.29 is 21.6 Å². The molecule has 6 aromatic carbocycles. The van der Waals surface area contributed by atoms with Gasteiger partial charge in [0.05, 0.1) is 9.26 Å². The van der Waals surface area contributed by atoms with E-state index in [4.69, 9.17) is 4.99 Å². The molecule has 0 aliphatic heterocycles. The number of hydrogen-bond donors (Lipinski definition) is 1. The van der Waals surface area contributed by atoms with Gasteiger partial charge in [0.2, 0.25) is 0 Å². The number of aliphatic imine (C=N–C) groups is 1. The van der Waals surface area contributed by atoms with Crippen molar-refractivity contribution in [2.75, 3.05) is 0 Å². The molecule has 6 heteroatoms. The molecule has 0 atom stereocenters. The molecule has 49 heavy (non-hydrogen) atoms. The van der Waals surface area contributed by atoms with Crippen molar-refractivity contribution in [1.82, 2.24) is 0 Å². The van der Waals surface area contributed by atoms with Crippen LogP contribution in [0.15, 0.2) is 157 Å². The van der Waals surface area contributed by atoms with E-state index in [9.17, 15) is 5.11 Å². The maximum atomic E-state index is 10.3. The van der Waals surface area contributed by atoms with E-state index < -0.39 is 7.92 Å². The number of phenols is 1. The topological polar surface area (TPSA) is 32.6 Å². The standard InChI is InChI=1S/C19H21I2NO.C18H15P.C6H5.Ni/c1-11(2)15-6-5-7-16(12(3)4)18(15)22-10-13-8-14(20)9-17(21)19(13)23;1-4-10-16(11-5-1)19(17-12-6-2-7-13-17)18-14-8-3-9-15-18;1-2-4-6-5-3-1;/h5-12,23H,1-4H3;1-15H;1-5H;/q;;-1;. The van der Waals surface area contributed by atoms with E-state index in [0.29, 0.717) is 17.6 Å². The molecule has 6 aromatic rings. The summed E-state index contributed by atoms with van der Waals surface area (Å²) in [5.74, 6) is 1.11. The average molecular weight is 931 g/mol. The van der Waals surface area contributed by atoms with Gasteiger partial charge in [-0.3, -0.25) is 4.99 Å². The summed E-state index contributed by atoms with van der Waals surface area (Å²) in [6, 6.07) is 55.1. The average Bonchev–Trinajstić information content (AvgIpc) is 3.12. The van der Waals surface area contributed by atoms with Gasteiger partial charge in [-0.15, -0.1) is 0 Å². The van der Waals surface area contributed by atoms with Gasteiger partial charge in [-0.2, -0.15) is 36.4 Å². The third-order valence-electron chi connectivity index (χ3n) is 7.38. The second kappa shape index (κ2) is 21.4. The number of halogens is 2. The number of phenolic OH excluding ortho intramolecular Hbond substituents is 1. The normalized spacial score (nSPS) is 10.6. The third kappa shape index (κ3) is 12.5. The van der Waals surface area contributed by atoms with Crippen LogP contribution in [0.4, 0.5) is 5.69 Å². The van der Waals surface area contributed by atoms with Gasteiger partial charge in [0.25, 0.3) is 0 Å². The fraction of sp³-hybridized carbons (Fsp3) is 0.140. The molecule has 0 radical (unpaired) electrons. The van der Waals surface area contributed by atoms with Gasteiger partial charge in [0.15, 0.2) is 0 Å². The molecule has 0 amide bonds. The number of hydrogen-bond acceptors (Lipinski definition) is 2. The van der Waals surface area contributed by atoms with Crippen LogP contribution in [0.3, 0.4) is 0 Å². The van der Waals surface area contributed by atoms with Crippen molar-refractivity contribution in [3.8, 4) is 5.75 Å². The maximum Gasteiger partial charge on any atom is 0.137 e. The van der Waals surface area contributed by atoms with Crippen molar-refractivity contribution in [2.24, 2.45) is 4.99 Å². The molecule has 6 rings (SSSR count). The van der Waals surface area contributed by atoms with Crippen LogP contribution in [-0.4, -0.2) is 11.3 Å². The first kappa shape index (κ1) is 40.6. The zero-order valence-electron chi connectivity index (χ0n) is 28.1. The number of aromatic hydroxyl groups is 1. The van der Waals surface area contributed by atoms with Crippen molar-refractivity contribution in [3.63, 3.8) is 0 Å². The molecule has 254 valence electrons. The summed E-state index contributed by atoms with van der Waals surface area (Å²) in [6.45, 7) is 8.74. The largest absolute Gasteiger partial charge is 0.506 e. The third-order valence-corrected chi connectivity index (χ3v) is 11.3. The molecule has 0 aliphatic carbocycles. The molecular formula is C43H41I2NNiOP-. The first-order chi connectivity index (χ1) is 23.3. The Hall–Kier alpha value is -2.83. The van der Waals surface area contributed by atoms with Crippen molar-refractivity contribution in [1.29, 1.82) is 0 Å². The minimum Gasteiger partial charge on any atom is -0.506 e.